The van der Waals surface area contributed by atoms with Gasteiger partial charge in [0, 0.05) is 16.6 Å². The zero-order valence-corrected chi connectivity index (χ0v) is 12.8. The van der Waals surface area contributed by atoms with Gasteiger partial charge in [0.05, 0.1) is 10.4 Å². The van der Waals surface area contributed by atoms with E-state index >= 15 is 0 Å². The minimum Gasteiger partial charge on any atom is -0.248 e. The molecule has 2 rings (SSSR count). The van der Waals surface area contributed by atoms with Gasteiger partial charge in [0.2, 0.25) is 10.0 Å². The van der Waals surface area contributed by atoms with Gasteiger partial charge < -0.3 is 0 Å². The average Bonchev–Trinajstić information content (AvgIpc) is 2.82. The van der Waals surface area contributed by atoms with E-state index in [1.54, 1.807) is 32.2 Å². The maximum absolute atomic E-state index is 12.3. The van der Waals surface area contributed by atoms with E-state index in [1.807, 2.05) is 5.38 Å². The first-order chi connectivity index (χ1) is 8.81. The highest BCUT2D eigenvalue weighted by Gasteiger charge is 2.29. The van der Waals surface area contributed by atoms with E-state index in [-0.39, 0.29) is 4.90 Å². The quantitative estimate of drug-likeness (QED) is 0.943. The summed E-state index contributed by atoms with van der Waals surface area (Å²) in [5.41, 5.74) is -0.757. The summed E-state index contributed by atoms with van der Waals surface area (Å²) in [6.45, 7) is 3.55. The number of thiazole rings is 1. The van der Waals surface area contributed by atoms with Crippen LogP contribution in [0.15, 0.2) is 40.7 Å². The lowest BCUT2D eigenvalue weighted by Gasteiger charge is -2.23. The SMILES string of the molecule is CC(C)(NS(=O)(=O)c1ccc(Cl)cc1)c1nccs1. The fraction of sp³-hybridized carbons (Fsp3) is 0.250. The molecule has 0 amide bonds. The van der Waals surface area contributed by atoms with Gasteiger partial charge in [-0.3, -0.25) is 0 Å². The maximum atomic E-state index is 12.3. The van der Waals surface area contributed by atoms with Crippen molar-refractivity contribution in [1.29, 1.82) is 0 Å². The summed E-state index contributed by atoms with van der Waals surface area (Å²) >= 11 is 7.16. The number of rotatable bonds is 4. The Morgan fingerprint density at radius 2 is 1.89 bits per heavy atom. The molecule has 0 fully saturated rings. The first-order valence-corrected chi connectivity index (χ1v) is 8.25. The van der Waals surface area contributed by atoms with Gasteiger partial charge in [-0.15, -0.1) is 11.3 Å². The summed E-state index contributed by atoms with van der Waals surface area (Å²) in [7, 11) is -3.60. The molecule has 1 aromatic carbocycles. The fourth-order valence-electron chi connectivity index (χ4n) is 1.58. The number of nitrogens with one attached hydrogen (secondary N) is 1. The van der Waals surface area contributed by atoms with E-state index in [4.69, 9.17) is 11.6 Å². The molecule has 0 saturated heterocycles. The third kappa shape index (κ3) is 3.33. The van der Waals surface area contributed by atoms with Gasteiger partial charge in [0.15, 0.2) is 0 Å². The van der Waals surface area contributed by atoms with Gasteiger partial charge in [0.1, 0.15) is 5.01 Å². The van der Waals surface area contributed by atoms with Crippen molar-refractivity contribution in [3.63, 3.8) is 0 Å². The normalized spacial score (nSPS) is 12.6. The van der Waals surface area contributed by atoms with Crippen LogP contribution >= 0.6 is 22.9 Å². The third-order valence-corrected chi connectivity index (χ3v) is 5.50. The number of hydrogen-bond donors (Lipinski definition) is 1. The Bertz CT molecular complexity index is 650. The zero-order valence-electron chi connectivity index (χ0n) is 10.4. The minimum atomic E-state index is -3.60. The topological polar surface area (TPSA) is 59.1 Å². The molecule has 1 aromatic heterocycles. The molecule has 19 heavy (non-hydrogen) atoms. The lowest BCUT2D eigenvalue weighted by Crippen LogP contribution is -2.40. The summed E-state index contributed by atoms with van der Waals surface area (Å²) in [5.74, 6) is 0. The third-order valence-electron chi connectivity index (χ3n) is 2.48. The van der Waals surface area contributed by atoms with E-state index in [0.29, 0.717) is 10.0 Å². The Morgan fingerprint density at radius 3 is 2.42 bits per heavy atom. The van der Waals surface area contributed by atoms with Crippen LogP contribution in [-0.2, 0) is 15.6 Å². The number of aromatic nitrogens is 1. The predicted octanol–water partition coefficient (Wildman–Crippen LogP) is 3.01. The Balaban J connectivity index is 2.29. The summed E-state index contributed by atoms with van der Waals surface area (Å²) in [4.78, 5) is 4.33. The van der Waals surface area contributed by atoms with Gasteiger partial charge in [-0.2, -0.15) is 4.72 Å². The Hall–Kier alpha value is -0.950. The molecule has 1 N–H and O–H groups in total. The van der Waals surface area contributed by atoms with Crippen molar-refractivity contribution in [2.24, 2.45) is 0 Å². The summed E-state index contributed by atoms with van der Waals surface area (Å²) < 4.78 is 27.2. The highest BCUT2D eigenvalue weighted by Crippen LogP contribution is 2.25. The van der Waals surface area contributed by atoms with Crippen molar-refractivity contribution in [1.82, 2.24) is 9.71 Å². The molecule has 0 unspecified atom stereocenters. The van der Waals surface area contributed by atoms with Gasteiger partial charge in [-0.05, 0) is 38.1 Å². The van der Waals surface area contributed by atoms with Crippen LogP contribution < -0.4 is 4.72 Å². The number of halogens is 1. The average molecular weight is 317 g/mol. The van der Waals surface area contributed by atoms with E-state index < -0.39 is 15.6 Å². The fourth-order valence-corrected chi connectivity index (χ4v) is 3.87. The molecule has 0 aliphatic heterocycles. The van der Waals surface area contributed by atoms with Crippen LogP contribution in [0, 0.1) is 0 Å². The summed E-state index contributed by atoms with van der Waals surface area (Å²) in [6, 6.07) is 6.05. The standard InChI is InChI=1S/C12H13ClN2O2S2/c1-12(2,11-14-7-8-18-11)15-19(16,17)10-5-3-9(13)4-6-10/h3-8,15H,1-2H3. The molecule has 0 atom stereocenters. The van der Waals surface area contributed by atoms with Crippen molar-refractivity contribution in [3.05, 3.63) is 45.9 Å². The van der Waals surface area contributed by atoms with Crippen molar-refractivity contribution in [3.8, 4) is 0 Å². The van der Waals surface area contributed by atoms with E-state index in [1.165, 1.54) is 23.5 Å². The molecule has 102 valence electrons. The van der Waals surface area contributed by atoms with Gasteiger partial charge in [-0.25, -0.2) is 13.4 Å². The van der Waals surface area contributed by atoms with E-state index in [0.717, 1.165) is 0 Å². The molecular weight excluding hydrogens is 304 g/mol. The van der Waals surface area contributed by atoms with Crippen molar-refractivity contribution in [2.75, 3.05) is 0 Å². The van der Waals surface area contributed by atoms with Gasteiger partial charge >= 0.3 is 0 Å². The van der Waals surface area contributed by atoms with Crippen LogP contribution in [0.4, 0.5) is 0 Å². The lowest BCUT2D eigenvalue weighted by atomic mass is 10.1. The van der Waals surface area contributed by atoms with Crippen LogP contribution in [0.2, 0.25) is 5.02 Å². The second-order valence-corrected chi connectivity index (χ2v) is 7.54. The van der Waals surface area contributed by atoms with Gasteiger partial charge in [0.25, 0.3) is 0 Å². The van der Waals surface area contributed by atoms with Crippen LogP contribution in [-0.4, -0.2) is 13.4 Å². The predicted molar refractivity (Wildman–Crippen MR) is 76.9 cm³/mol. The Kier molecular flexibility index (Phi) is 3.96. The number of hydrogen-bond acceptors (Lipinski definition) is 4. The molecule has 4 nitrogen and oxygen atoms in total. The Morgan fingerprint density at radius 1 is 1.26 bits per heavy atom. The van der Waals surface area contributed by atoms with E-state index in [9.17, 15) is 8.42 Å². The first-order valence-electron chi connectivity index (χ1n) is 5.51. The van der Waals surface area contributed by atoms with E-state index in [2.05, 4.69) is 9.71 Å². The highest BCUT2D eigenvalue weighted by molar-refractivity contribution is 7.89. The van der Waals surface area contributed by atoms with Crippen LogP contribution in [0.3, 0.4) is 0 Å². The van der Waals surface area contributed by atoms with Crippen LogP contribution in [0.5, 0.6) is 0 Å². The first kappa shape index (κ1) is 14.5. The molecule has 0 aliphatic carbocycles. The number of benzene rings is 1. The van der Waals surface area contributed by atoms with Crippen LogP contribution in [0.1, 0.15) is 18.9 Å². The monoisotopic (exact) mass is 316 g/mol. The smallest absolute Gasteiger partial charge is 0.241 e. The second-order valence-electron chi connectivity index (χ2n) is 4.52. The molecule has 0 saturated carbocycles. The lowest BCUT2D eigenvalue weighted by molar-refractivity contribution is 0.470. The molecule has 0 radical (unpaired) electrons. The maximum Gasteiger partial charge on any atom is 0.241 e. The van der Waals surface area contributed by atoms with Crippen LogP contribution in [0.25, 0.3) is 0 Å². The molecule has 0 spiro atoms. The van der Waals surface area contributed by atoms with Crippen molar-refractivity contribution < 1.29 is 8.42 Å². The van der Waals surface area contributed by atoms with Crippen molar-refractivity contribution in [2.45, 2.75) is 24.3 Å². The second kappa shape index (κ2) is 5.20. The largest absolute Gasteiger partial charge is 0.248 e. The molecule has 7 heteroatoms. The molecule has 2 aromatic rings. The minimum absolute atomic E-state index is 0.182. The summed E-state index contributed by atoms with van der Waals surface area (Å²) in [6.07, 6.45) is 1.65. The molecular formula is C12H13ClN2O2S2. The molecule has 0 aliphatic rings. The number of sulfonamides is 1. The van der Waals surface area contributed by atoms with Gasteiger partial charge in [-0.1, -0.05) is 11.6 Å². The summed E-state index contributed by atoms with van der Waals surface area (Å²) in [5, 5.41) is 3.02. The molecule has 0 bridgehead atoms. The Labute approximate surface area is 121 Å². The molecule has 1 heterocycles. The van der Waals surface area contributed by atoms with Crippen molar-refractivity contribution >= 4 is 33.0 Å². The highest BCUT2D eigenvalue weighted by atomic mass is 35.5. The number of nitrogens with zero attached hydrogens (tertiary/aromatic N) is 1. The zero-order chi connectivity index (χ0) is 14.1.